The van der Waals surface area contributed by atoms with E-state index in [4.69, 9.17) is 0 Å². The Morgan fingerprint density at radius 1 is 1.13 bits per heavy atom. The Morgan fingerprint density at radius 2 is 1.67 bits per heavy atom. The van der Waals surface area contributed by atoms with Crippen molar-refractivity contribution in [2.45, 2.75) is 66.5 Å². The third-order valence-electron chi connectivity index (χ3n) is 3.38. The van der Waals surface area contributed by atoms with Crippen LogP contribution in [0.25, 0.3) is 0 Å². The molecule has 0 aliphatic carbocycles. The zero-order valence-corrected chi connectivity index (χ0v) is 11.5. The predicted molar refractivity (Wildman–Crippen MR) is 68.1 cm³/mol. The van der Waals surface area contributed by atoms with Crippen LogP contribution in [-0.2, 0) is 0 Å². The van der Waals surface area contributed by atoms with Gasteiger partial charge in [-0.15, -0.1) is 0 Å². The van der Waals surface area contributed by atoms with E-state index in [0.717, 1.165) is 0 Å². The summed E-state index contributed by atoms with van der Waals surface area (Å²) in [6, 6.07) is 0.577. The Kier molecular flexibility index (Phi) is 3.35. The monoisotopic (exact) mass is 209 g/mol. The van der Waals surface area contributed by atoms with Crippen molar-refractivity contribution in [2.24, 2.45) is 5.41 Å². The fourth-order valence-corrected chi connectivity index (χ4v) is 2.48. The van der Waals surface area contributed by atoms with Gasteiger partial charge in [0.15, 0.2) is 0 Å². The van der Waals surface area contributed by atoms with E-state index in [1.165, 1.54) is 13.0 Å². The second-order valence-electron chi connectivity index (χ2n) is 6.80. The molecule has 0 spiro atoms. The second kappa shape index (κ2) is 3.93. The summed E-state index contributed by atoms with van der Waals surface area (Å²) in [7, 11) is 0. The summed E-state index contributed by atoms with van der Waals surface area (Å²) >= 11 is 0. The second-order valence-corrected chi connectivity index (χ2v) is 6.80. The molecular formula is C14H27N. The molecule has 1 heteroatoms. The van der Waals surface area contributed by atoms with Crippen LogP contribution in [0.3, 0.4) is 0 Å². The zero-order valence-electron chi connectivity index (χ0n) is 11.5. The van der Waals surface area contributed by atoms with E-state index in [-0.39, 0.29) is 0 Å². The molecule has 0 saturated carbocycles. The number of hydrogen-bond acceptors (Lipinski definition) is 1. The molecule has 0 aromatic rings. The molecule has 0 bridgehead atoms. The van der Waals surface area contributed by atoms with Gasteiger partial charge in [-0.25, -0.2) is 0 Å². The lowest BCUT2D eigenvalue weighted by Crippen LogP contribution is -2.49. The molecule has 1 atom stereocenters. The van der Waals surface area contributed by atoms with E-state index in [1.54, 1.807) is 5.57 Å². The molecule has 15 heavy (non-hydrogen) atoms. The summed E-state index contributed by atoms with van der Waals surface area (Å²) < 4.78 is 0. The highest BCUT2D eigenvalue weighted by atomic mass is 15.2. The van der Waals surface area contributed by atoms with Crippen molar-refractivity contribution in [2.75, 3.05) is 6.54 Å². The summed E-state index contributed by atoms with van der Waals surface area (Å²) in [5, 5.41) is 0. The molecule has 0 aromatic heterocycles. The Balaban J connectivity index is 2.83. The Hall–Kier alpha value is -0.300. The van der Waals surface area contributed by atoms with E-state index in [9.17, 15) is 0 Å². The molecule has 0 saturated heterocycles. The van der Waals surface area contributed by atoms with Crippen molar-refractivity contribution in [3.63, 3.8) is 0 Å². The topological polar surface area (TPSA) is 3.24 Å². The lowest BCUT2D eigenvalue weighted by Gasteiger charge is -2.44. The molecule has 0 amide bonds. The van der Waals surface area contributed by atoms with Crippen LogP contribution in [0.5, 0.6) is 0 Å². The Labute approximate surface area is 95.5 Å². The average molecular weight is 209 g/mol. The standard InChI is InChI=1S/C14H27N/c1-11-10-12(13(2,3)4)8-9-15(11)14(5,6)7/h10-11H,8-9H2,1-7H3. The first-order valence-electron chi connectivity index (χ1n) is 6.10. The van der Waals surface area contributed by atoms with Crippen molar-refractivity contribution in [1.82, 2.24) is 4.90 Å². The van der Waals surface area contributed by atoms with Crippen LogP contribution < -0.4 is 0 Å². The molecule has 0 N–H and O–H groups in total. The summed E-state index contributed by atoms with van der Waals surface area (Å²) in [4.78, 5) is 2.59. The van der Waals surface area contributed by atoms with Crippen LogP contribution in [0.1, 0.15) is 54.9 Å². The van der Waals surface area contributed by atoms with E-state index < -0.39 is 0 Å². The third kappa shape index (κ3) is 3.07. The van der Waals surface area contributed by atoms with Crippen molar-refractivity contribution in [1.29, 1.82) is 0 Å². The SMILES string of the molecule is CC1C=C(C(C)(C)C)CCN1C(C)(C)C. The van der Waals surface area contributed by atoms with Gasteiger partial charge in [0.25, 0.3) is 0 Å². The van der Waals surface area contributed by atoms with E-state index in [1.807, 2.05) is 0 Å². The predicted octanol–water partition coefficient (Wildman–Crippen LogP) is 3.85. The Bertz CT molecular complexity index is 249. The Morgan fingerprint density at radius 3 is 2.00 bits per heavy atom. The highest BCUT2D eigenvalue weighted by Gasteiger charge is 2.30. The maximum atomic E-state index is 2.59. The van der Waals surface area contributed by atoms with Crippen molar-refractivity contribution < 1.29 is 0 Å². The van der Waals surface area contributed by atoms with Crippen molar-refractivity contribution in [3.05, 3.63) is 11.6 Å². The minimum atomic E-state index is 0.291. The molecular weight excluding hydrogens is 182 g/mol. The molecule has 1 unspecified atom stereocenters. The number of nitrogens with zero attached hydrogens (tertiary/aromatic N) is 1. The first-order valence-corrected chi connectivity index (χ1v) is 6.10. The van der Waals surface area contributed by atoms with E-state index in [0.29, 0.717) is 17.0 Å². The minimum absolute atomic E-state index is 0.291. The first kappa shape index (κ1) is 12.8. The van der Waals surface area contributed by atoms with Gasteiger partial charge in [0.2, 0.25) is 0 Å². The fraction of sp³-hybridized carbons (Fsp3) is 0.857. The van der Waals surface area contributed by atoms with Crippen LogP contribution in [-0.4, -0.2) is 23.0 Å². The van der Waals surface area contributed by atoms with Crippen LogP contribution in [0.15, 0.2) is 11.6 Å². The summed E-state index contributed by atoms with van der Waals surface area (Å²) in [6.07, 6.45) is 3.69. The molecule has 1 nitrogen and oxygen atoms in total. The van der Waals surface area contributed by atoms with Gasteiger partial charge >= 0.3 is 0 Å². The summed E-state index contributed by atoms with van der Waals surface area (Å²) in [5.74, 6) is 0. The summed E-state index contributed by atoms with van der Waals surface area (Å²) in [5.41, 5.74) is 2.26. The van der Waals surface area contributed by atoms with Gasteiger partial charge in [-0.2, -0.15) is 0 Å². The molecule has 0 fully saturated rings. The number of rotatable bonds is 0. The molecule has 0 aromatic carbocycles. The molecule has 1 aliphatic heterocycles. The van der Waals surface area contributed by atoms with Crippen molar-refractivity contribution >= 4 is 0 Å². The van der Waals surface area contributed by atoms with Gasteiger partial charge in [-0.3, -0.25) is 4.90 Å². The fourth-order valence-electron chi connectivity index (χ4n) is 2.48. The lowest BCUT2D eigenvalue weighted by atomic mass is 9.81. The van der Waals surface area contributed by atoms with E-state index in [2.05, 4.69) is 59.4 Å². The molecule has 1 rings (SSSR count). The molecule has 1 aliphatic rings. The van der Waals surface area contributed by atoms with Crippen LogP contribution in [0.2, 0.25) is 0 Å². The maximum Gasteiger partial charge on any atom is 0.0257 e. The third-order valence-corrected chi connectivity index (χ3v) is 3.38. The molecule has 1 heterocycles. The van der Waals surface area contributed by atoms with Gasteiger partial charge in [0.1, 0.15) is 0 Å². The molecule has 88 valence electrons. The van der Waals surface area contributed by atoms with Gasteiger partial charge in [0.05, 0.1) is 0 Å². The largest absolute Gasteiger partial charge is 0.292 e. The first-order chi connectivity index (χ1) is 6.62. The van der Waals surface area contributed by atoms with Gasteiger partial charge in [-0.05, 0) is 39.5 Å². The highest BCUT2D eigenvalue weighted by molar-refractivity contribution is 5.18. The van der Waals surface area contributed by atoms with Gasteiger partial charge < -0.3 is 0 Å². The minimum Gasteiger partial charge on any atom is -0.292 e. The summed E-state index contributed by atoms with van der Waals surface area (Å²) in [6.45, 7) is 17.4. The van der Waals surface area contributed by atoms with Crippen LogP contribution in [0.4, 0.5) is 0 Å². The van der Waals surface area contributed by atoms with Gasteiger partial charge in [0, 0.05) is 18.1 Å². The lowest BCUT2D eigenvalue weighted by molar-refractivity contribution is 0.102. The van der Waals surface area contributed by atoms with Gasteiger partial charge in [-0.1, -0.05) is 32.4 Å². The van der Waals surface area contributed by atoms with Crippen LogP contribution >= 0.6 is 0 Å². The van der Waals surface area contributed by atoms with Crippen molar-refractivity contribution in [3.8, 4) is 0 Å². The highest BCUT2D eigenvalue weighted by Crippen LogP contribution is 2.34. The zero-order chi connectivity index (χ0) is 11.9. The normalized spacial score (nSPS) is 25.3. The average Bonchev–Trinajstić information content (AvgIpc) is 1.99. The molecule has 0 radical (unpaired) electrons. The number of hydrogen-bond donors (Lipinski definition) is 0. The quantitative estimate of drug-likeness (QED) is 0.548. The van der Waals surface area contributed by atoms with E-state index >= 15 is 0 Å². The van der Waals surface area contributed by atoms with Crippen LogP contribution in [0, 0.1) is 5.41 Å². The maximum absolute atomic E-state index is 2.59. The smallest absolute Gasteiger partial charge is 0.0257 e.